The molecule has 5 heteroatoms. The minimum absolute atomic E-state index is 0.0556. The third-order valence-corrected chi connectivity index (χ3v) is 5.50. The monoisotopic (exact) mass is 375 g/mol. The highest BCUT2D eigenvalue weighted by Crippen LogP contribution is 2.29. The van der Waals surface area contributed by atoms with Crippen molar-refractivity contribution >= 4 is 16.8 Å². The minimum atomic E-state index is -0.0973. The van der Waals surface area contributed by atoms with Crippen molar-refractivity contribution in [3.63, 3.8) is 0 Å². The Morgan fingerprint density at radius 3 is 2.50 bits per heavy atom. The number of hydrogen-bond donors (Lipinski definition) is 0. The number of nitrogens with zero attached hydrogens (tertiary/aromatic N) is 3. The lowest BCUT2D eigenvalue weighted by Crippen LogP contribution is -2.43. The molecule has 144 valence electrons. The molecular weight excluding hydrogens is 350 g/mol. The number of aryl methyl sites for hydroxylation is 1. The number of aromatic nitrogens is 2. The van der Waals surface area contributed by atoms with E-state index in [9.17, 15) is 9.59 Å². The molecule has 2 heterocycles. The van der Waals surface area contributed by atoms with Crippen LogP contribution < -0.4 is 5.56 Å². The van der Waals surface area contributed by atoms with Gasteiger partial charge >= 0.3 is 0 Å². The number of hydrogen-bond acceptors (Lipinski definition) is 3. The Labute approximate surface area is 164 Å². The Morgan fingerprint density at radius 1 is 1.07 bits per heavy atom. The summed E-state index contributed by atoms with van der Waals surface area (Å²) in [5.74, 6) is 0.681. The first-order chi connectivity index (χ1) is 13.4. The van der Waals surface area contributed by atoms with Crippen LogP contribution in [0.25, 0.3) is 16.6 Å². The zero-order valence-corrected chi connectivity index (χ0v) is 16.6. The van der Waals surface area contributed by atoms with Gasteiger partial charge in [0.15, 0.2) is 0 Å². The molecule has 0 unspecified atom stereocenters. The van der Waals surface area contributed by atoms with Crippen LogP contribution >= 0.6 is 0 Å². The first-order valence-electron chi connectivity index (χ1n) is 9.74. The Morgan fingerprint density at radius 2 is 1.79 bits per heavy atom. The normalized spacial score (nSPS) is 16.3. The summed E-state index contributed by atoms with van der Waals surface area (Å²) >= 11 is 0. The lowest BCUT2D eigenvalue weighted by atomic mass is 9.84. The summed E-state index contributed by atoms with van der Waals surface area (Å²) < 4.78 is 1.60. The SMILES string of the molecule is Cc1nc2ccccc2c(=O)n1-c1ccc(C(=O)N2CCCC(C)(C)C2)cc1. The fourth-order valence-corrected chi connectivity index (χ4v) is 4.08. The van der Waals surface area contributed by atoms with E-state index in [2.05, 4.69) is 18.8 Å². The van der Waals surface area contributed by atoms with Gasteiger partial charge in [-0.15, -0.1) is 0 Å². The van der Waals surface area contributed by atoms with Crippen LogP contribution in [0.5, 0.6) is 0 Å². The van der Waals surface area contributed by atoms with Crippen LogP contribution in [-0.4, -0.2) is 33.4 Å². The molecule has 1 saturated heterocycles. The van der Waals surface area contributed by atoms with Crippen molar-refractivity contribution in [1.29, 1.82) is 0 Å². The van der Waals surface area contributed by atoms with Gasteiger partial charge in [0.1, 0.15) is 5.82 Å². The minimum Gasteiger partial charge on any atom is -0.338 e. The number of benzene rings is 2. The number of piperidine rings is 1. The lowest BCUT2D eigenvalue weighted by molar-refractivity contribution is 0.0583. The predicted octanol–water partition coefficient (Wildman–Crippen LogP) is 3.96. The molecular formula is C23H25N3O2. The van der Waals surface area contributed by atoms with Gasteiger partial charge in [0.2, 0.25) is 0 Å². The molecule has 28 heavy (non-hydrogen) atoms. The van der Waals surface area contributed by atoms with Crippen molar-refractivity contribution in [3.8, 4) is 5.69 Å². The highest BCUT2D eigenvalue weighted by atomic mass is 16.2. The van der Waals surface area contributed by atoms with Crippen LogP contribution in [-0.2, 0) is 0 Å². The van der Waals surface area contributed by atoms with Crippen LogP contribution in [0.15, 0.2) is 53.3 Å². The molecule has 1 aliphatic heterocycles. The van der Waals surface area contributed by atoms with Crippen molar-refractivity contribution in [1.82, 2.24) is 14.5 Å². The van der Waals surface area contributed by atoms with E-state index >= 15 is 0 Å². The molecule has 5 nitrogen and oxygen atoms in total. The molecule has 1 aliphatic rings. The van der Waals surface area contributed by atoms with E-state index in [4.69, 9.17) is 0 Å². The number of carbonyl (C=O) groups excluding carboxylic acids is 1. The average Bonchev–Trinajstić information content (AvgIpc) is 2.67. The van der Waals surface area contributed by atoms with Gasteiger partial charge in [0.25, 0.3) is 11.5 Å². The summed E-state index contributed by atoms with van der Waals surface area (Å²) in [5, 5.41) is 0.587. The van der Waals surface area contributed by atoms with Crippen LogP contribution in [0.4, 0.5) is 0 Å². The molecule has 1 aromatic heterocycles. The number of para-hydroxylation sites is 1. The summed E-state index contributed by atoms with van der Waals surface area (Å²) in [6.45, 7) is 7.82. The van der Waals surface area contributed by atoms with E-state index in [1.807, 2.05) is 42.2 Å². The van der Waals surface area contributed by atoms with Gasteiger partial charge in [-0.25, -0.2) is 4.98 Å². The van der Waals surface area contributed by atoms with Gasteiger partial charge in [0.05, 0.1) is 16.6 Å². The van der Waals surface area contributed by atoms with Crippen molar-refractivity contribution in [2.24, 2.45) is 5.41 Å². The van der Waals surface area contributed by atoms with E-state index in [-0.39, 0.29) is 16.9 Å². The first-order valence-corrected chi connectivity index (χ1v) is 9.74. The standard InChI is InChI=1S/C23H25N3O2/c1-16-24-20-8-5-4-7-19(20)22(28)26(16)18-11-9-17(10-12-18)21(27)25-14-6-13-23(2,3)15-25/h4-5,7-12H,6,13-15H2,1-3H3. The quantitative estimate of drug-likeness (QED) is 0.681. The third kappa shape index (κ3) is 3.33. The van der Waals surface area contributed by atoms with E-state index in [1.54, 1.807) is 22.8 Å². The molecule has 0 spiro atoms. The molecule has 0 radical (unpaired) electrons. The van der Waals surface area contributed by atoms with Gasteiger partial charge in [-0.1, -0.05) is 26.0 Å². The van der Waals surface area contributed by atoms with Crippen LogP contribution in [0, 0.1) is 12.3 Å². The number of fused-ring (bicyclic) bond motifs is 1. The fraction of sp³-hybridized carbons (Fsp3) is 0.348. The molecule has 0 N–H and O–H groups in total. The number of likely N-dealkylation sites (tertiary alicyclic amines) is 1. The van der Waals surface area contributed by atoms with Gasteiger partial charge in [-0.05, 0) is 61.6 Å². The smallest absolute Gasteiger partial charge is 0.265 e. The second-order valence-corrected chi connectivity index (χ2v) is 8.36. The molecule has 2 aromatic carbocycles. The van der Waals surface area contributed by atoms with Crippen LogP contribution in [0.1, 0.15) is 42.9 Å². The highest BCUT2D eigenvalue weighted by Gasteiger charge is 2.29. The number of rotatable bonds is 2. The van der Waals surface area contributed by atoms with Gasteiger partial charge in [-0.2, -0.15) is 0 Å². The maximum absolute atomic E-state index is 12.9. The Bertz CT molecular complexity index is 1100. The molecule has 0 saturated carbocycles. The Hall–Kier alpha value is -2.95. The molecule has 0 aliphatic carbocycles. The average molecular weight is 375 g/mol. The van der Waals surface area contributed by atoms with Crippen molar-refractivity contribution in [3.05, 3.63) is 70.3 Å². The van der Waals surface area contributed by atoms with Crippen molar-refractivity contribution < 1.29 is 4.79 Å². The summed E-state index contributed by atoms with van der Waals surface area (Å²) in [5.41, 5.74) is 2.13. The summed E-state index contributed by atoms with van der Waals surface area (Å²) in [7, 11) is 0. The third-order valence-electron chi connectivity index (χ3n) is 5.50. The maximum Gasteiger partial charge on any atom is 0.265 e. The van der Waals surface area contributed by atoms with Gasteiger partial charge in [0, 0.05) is 18.7 Å². The predicted molar refractivity (Wildman–Crippen MR) is 111 cm³/mol. The summed E-state index contributed by atoms with van der Waals surface area (Å²) in [6.07, 6.45) is 2.18. The van der Waals surface area contributed by atoms with E-state index in [0.717, 1.165) is 31.6 Å². The molecule has 3 aromatic rings. The number of carbonyl (C=O) groups is 1. The Kier molecular flexibility index (Phi) is 4.53. The Balaban J connectivity index is 1.66. The fourth-order valence-electron chi connectivity index (χ4n) is 4.08. The molecule has 0 bridgehead atoms. The van der Waals surface area contributed by atoms with Gasteiger partial charge in [-0.3, -0.25) is 14.2 Å². The van der Waals surface area contributed by atoms with E-state index in [1.165, 1.54) is 0 Å². The molecule has 0 atom stereocenters. The summed E-state index contributed by atoms with van der Waals surface area (Å²) in [4.78, 5) is 32.3. The lowest BCUT2D eigenvalue weighted by Gasteiger charge is -2.38. The van der Waals surface area contributed by atoms with Crippen LogP contribution in [0.2, 0.25) is 0 Å². The second kappa shape index (κ2) is 6.89. The van der Waals surface area contributed by atoms with Crippen LogP contribution in [0.3, 0.4) is 0 Å². The van der Waals surface area contributed by atoms with E-state index in [0.29, 0.717) is 22.3 Å². The largest absolute Gasteiger partial charge is 0.338 e. The highest BCUT2D eigenvalue weighted by molar-refractivity contribution is 5.94. The molecule has 1 fully saturated rings. The topological polar surface area (TPSA) is 55.2 Å². The summed E-state index contributed by atoms with van der Waals surface area (Å²) in [6, 6.07) is 14.6. The van der Waals surface area contributed by atoms with Gasteiger partial charge < -0.3 is 4.90 Å². The number of amides is 1. The van der Waals surface area contributed by atoms with E-state index < -0.39 is 0 Å². The second-order valence-electron chi connectivity index (χ2n) is 8.36. The zero-order valence-electron chi connectivity index (χ0n) is 16.6. The zero-order chi connectivity index (χ0) is 19.9. The van der Waals surface area contributed by atoms with Crippen molar-refractivity contribution in [2.75, 3.05) is 13.1 Å². The molecule has 4 rings (SSSR count). The molecule has 1 amide bonds. The maximum atomic E-state index is 12.9. The first kappa shape index (κ1) is 18.4. The van der Waals surface area contributed by atoms with Crippen molar-refractivity contribution in [2.45, 2.75) is 33.6 Å².